The third-order valence-corrected chi connectivity index (χ3v) is 22.6. The Morgan fingerprint density at radius 3 is 1.60 bits per heavy atom. The Kier molecular flexibility index (Phi) is 15.7. The Bertz CT molecular complexity index is 3370. The minimum Gasteiger partial charge on any atom is -0.470 e. The highest BCUT2D eigenvalue weighted by molar-refractivity contribution is 7.90. The number of allylic oxidation sites excluding steroid dienone is 1. The zero-order valence-corrected chi connectivity index (χ0v) is 50.2. The first-order valence-corrected chi connectivity index (χ1v) is 31.2. The lowest BCUT2D eigenvalue weighted by molar-refractivity contribution is -0.0690. The molecule has 5 aromatic rings. The predicted molar refractivity (Wildman–Crippen MR) is 305 cm³/mol. The zero-order chi connectivity index (χ0) is 58.4. The molecule has 17 nitrogen and oxygen atoms in total. The van der Waals surface area contributed by atoms with Crippen molar-refractivity contribution >= 4 is 55.4 Å². The van der Waals surface area contributed by atoms with Crippen LogP contribution in [0.3, 0.4) is 0 Å². The number of carbonyl (C=O) groups excluding carboxylic acids is 2. The van der Waals surface area contributed by atoms with Gasteiger partial charge in [-0.15, -0.1) is 0 Å². The van der Waals surface area contributed by atoms with E-state index in [1.54, 1.807) is 19.1 Å². The Labute approximate surface area is 485 Å². The summed E-state index contributed by atoms with van der Waals surface area (Å²) in [5.41, 5.74) is 0.0693. The van der Waals surface area contributed by atoms with Gasteiger partial charge >= 0.3 is 0 Å². The van der Waals surface area contributed by atoms with Crippen LogP contribution in [0, 0.1) is 46.3 Å². The molecule has 2 bridgehead atoms. The molecule has 14 atom stereocenters. The first-order valence-electron chi connectivity index (χ1n) is 27.2. The topological polar surface area (TPSA) is 237 Å². The van der Waals surface area contributed by atoms with E-state index in [1.165, 1.54) is 6.26 Å². The Balaban J connectivity index is 0.000000143. The van der Waals surface area contributed by atoms with Gasteiger partial charge in [0, 0.05) is 40.2 Å². The molecule has 434 valence electrons. The largest absolute Gasteiger partial charge is 0.470 e. The summed E-state index contributed by atoms with van der Waals surface area (Å²) in [4.78, 5) is 37.4. The van der Waals surface area contributed by atoms with E-state index in [2.05, 4.69) is 21.9 Å². The van der Waals surface area contributed by atoms with Crippen molar-refractivity contribution in [2.24, 2.45) is 46.3 Å². The lowest BCUT2D eigenvalue weighted by atomic mass is 9.60. The van der Waals surface area contributed by atoms with Crippen molar-refractivity contribution in [3.05, 3.63) is 149 Å². The monoisotopic (exact) mass is 1190 g/mol. The van der Waals surface area contributed by atoms with Crippen molar-refractivity contribution in [3.63, 3.8) is 0 Å². The summed E-state index contributed by atoms with van der Waals surface area (Å²) < 4.78 is 59.0. The zero-order valence-electron chi connectivity index (χ0n) is 47.0. The summed E-state index contributed by atoms with van der Waals surface area (Å²) in [6.45, 7) is 10.3. The lowest BCUT2D eigenvalue weighted by Gasteiger charge is -2.49. The summed E-state index contributed by atoms with van der Waals surface area (Å²) in [6.07, 6.45) is 10.6. The van der Waals surface area contributed by atoms with Gasteiger partial charge in [-0.2, -0.15) is 5.48 Å². The average Bonchev–Trinajstić information content (AvgIpc) is 2.39. The molecule has 3 fully saturated rings. The number of ether oxygens (including phenoxy) is 2. The van der Waals surface area contributed by atoms with Crippen LogP contribution in [0.2, 0.25) is 0 Å². The van der Waals surface area contributed by atoms with Crippen LogP contribution in [0.15, 0.2) is 129 Å². The average molecular weight is 1190 g/mol. The van der Waals surface area contributed by atoms with Gasteiger partial charge in [0.05, 0.1) is 33.9 Å². The van der Waals surface area contributed by atoms with Gasteiger partial charge in [0.25, 0.3) is 11.8 Å². The second-order valence-corrected chi connectivity index (χ2v) is 29.1. The van der Waals surface area contributed by atoms with Gasteiger partial charge in [0.1, 0.15) is 45.4 Å². The fraction of sp³-hybridized carbons (Fsp3) is 0.500. The first-order chi connectivity index (χ1) is 38.2. The Morgan fingerprint density at radius 1 is 0.716 bits per heavy atom. The number of Topliss-reactive ketones (excluding diaryl/α,β-unsaturated/α-hetero) is 2. The van der Waals surface area contributed by atoms with E-state index in [0.717, 1.165) is 24.0 Å². The van der Waals surface area contributed by atoms with Gasteiger partial charge in [-0.1, -0.05) is 161 Å². The van der Waals surface area contributed by atoms with Crippen molar-refractivity contribution in [1.82, 2.24) is 25.6 Å². The number of hydrogen-bond acceptors (Lipinski definition) is 17. The molecule has 2 aromatic heterocycles. The quantitative estimate of drug-likeness (QED) is 0.0600. The maximum Gasteiger partial charge on any atom is 0.265 e. The van der Waals surface area contributed by atoms with Crippen LogP contribution >= 0.6 is 23.2 Å². The molecule has 3 heterocycles. The minimum absolute atomic E-state index is 0.0325. The van der Waals surface area contributed by atoms with Gasteiger partial charge < -0.3 is 28.7 Å². The highest BCUT2D eigenvalue weighted by atomic mass is 35.5. The molecular weight excluding hydrogens is 1120 g/mol. The molecule has 0 radical (unpaired) electrons. The molecule has 2 saturated carbocycles. The van der Waals surface area contributed by atoms with Crippen LogP contribution < -0.4 is 15.0 Å². The van der Waals surface area contributed by atoms with E-state index in [1.807, 2.05) is 163 Å². The summed E-state index contributed by atoms with van der Waals surface area (Å²) in [5, 5.41) is 31.3. The van der Waals surface area contributed by atoms with Gasteiger partial charge in [0.15, 0.2) is 15.9 Å². The fourth-order valence-corrected chi connectivity index (χ4v) is 18.5. The van der Waals surface area contributed by atoms with E-state index in [4.69, 9.17) is 46.6 Å². The van der Waals surface area contributed by atoms with Crippen molar-refractivity contribution < 1.29 is 55.8 Å². The number of ketones is 2. The number of aliphatic hydroxyl groups is 2. The van der Waals surface area contributed by atoms with Gasteiger partial charge in [-0.05, 0) is 91.9 Å². The smallest absolute Gasteiger partial charge is 0.265 e. The maximum atomic E-state index is 14.0. The summed E-state index contributed by atoms with van der Waals surface area (Å²) in [5.74, 6) is -1.50. The van der Waals surface area contributed by atoms with E-state index in [0.29, 0.717) is 16.4 Å². The highest BCUT2D eigenvalue weighted by Gasteiger charge is 2.88. The van der Waals surface area contributed by atoms with Crippen LogP contribution in [-0.4, -0.2) is 121 Å². The molecule has 4 unspecified atom stereocenters. The van der Waals surface area contributed by atoms with Gasteiger partial charge in [0.2, 0.25) is 17.3 Å². The molecule has 3 N–H and O–H groups in total. The third-order valence-electron chi connectivity index (χ3n) is 18.7. The Hall–Kier alpha value is -5.06. The lowest BCUT2D eigenvalue weighted by Crippen LogP contribution is -2.61. The molecule has 21 heteroatoms. The van der Waals surface area contributed by atoms with Crippen LogP contribution in [0.5, 0.6) is 11.8 Å². The van der Waals surface area contributed by atoms with Crippen LogP contribution in [0.1, 0.15) is 103 Å². The summed E-state index contributed by atoms with van der Waals surface area (Å²) >= 11 is 13.0. The Morgan fingerprint density at radius 2 is 1.16 bits per heavy atom. The molecule has 7 aliphatic rings. The molecule has 0 amide bonds. The summed E-state index contributed by atoms with van der Waals surface area (Å²) in [7, 11) is 2.97. The van der Waals surface area contributed by atoms with E-state index in [9.17, 15) is 32.4 Å². The molecule has 6 aliphatic carbocycles. The van der Waals surface area contributed by atoms with Crippen LogP contribution in [-0.2, 0) is 38.7 Å². The molecule has 1 spiro atoms. The van der Waals surface area contributed by atoms with Crippen LogP contribution in [0.4, 0.5) is 0 Å². The van der Waals surface area contributed by atoms with Crippen molar-refractivity contribution in [2.75, 3.05) is 40.2 Å². The van der Waals surface area contributed by atoms with Crippen LogP contribution in [0.25, 0.3) is 0 Å². The number of aromatic nitrogens is 2. The fourth-order valence-electron chi connectivity index (χ4n) is 14.1. The van der Waals surface area contributed by atoms with Crippen molar-refractivity contribution in [1.29, 1.82) is 0 Å². The molecule has 1 saturated heterocycles. The maximum absolute atomic E-state index is 14.0. The number of alkyl halides is 2. The van der Waals surface area contributed by atoms with E-state index < -0.39 is 82.1 Å². The predicted octanol–water partition coefficient (Wildman–Crippen LogP) is 8.90. The number of hydroxylamine groups is 1. The second kappa shape index (κ2) is 21.5. The van der Waals surface area contributed by atoms with E-state index in [-0.39, 0.29) is 76.8 Å². The molecule has 1 aliphatic heterocycles. The standard InChI is InChI=1S/C27H28N2O5S.C22H26N2O4.C11H17Cl2NO3S/c1-17-21(35(32)19-12-8-5-9-13-19)15-14-20-23(29(2)3)24-22(25(30)27(17,20)31)26(28-34-24)33-16-18-10-6-4-7-11-18;1-13-10-11-16-18(24(3)4)19-17(20(25)22(16,26)14(13)2)21(23-28-19)27-12-15-8-6-5-7-9-15;1-8(2)7-4-5-9(8,6-18(3,15)16)11(14-17-11)10(7,12)13/h4-15,17,20-21,23,31H,16H2,1-3H3;5-11,13-14,16,18,26H,12H2,1-4H3;7,14H,4-6H2,1-3H3/t17-,20+,21-,23+,27-,35?;13-,14-,16+,18+,22-;/m11./s1. The molecule has 12 rings (SSSR count). The minimum atomic E-state index is -3.14. The number of nitrogens with zero attached hydrogens (tertiary/aromatic N) is 4. The van der Waals surface area contributed by atoms with E-state index >= 15 is 0 Å². The number of rotatable bonds is 12. The van der Waals surface area contributed by atoms with Gasteiger partial charge in [-0.3, -0.25) is 28.4 Å². The molecule has 81 heavy (non-hydrogen) atoms. The summed E-state index contributed by atoms with van der Waals surface area (Å²) in [6, 6.07) is 27.6. The molecular formula is C60H71Cl2N5O12S2. The normalized spacial score (nSPS) is 33.8. The van der Waals surface area contributed by atoms with Gasteiger partial charge in [-0.25, -0.2) is 8.42 Å². The third kappa shape index (κ3) is 9.49. The highest BCUT2D eigenvalue weighted by Crippen LogP contribution is 2.79. The number of nitrogens with one attached hydrogen (secondary N) is 1. The van der Waals surface area contributed by atoms with Crippen molar-refractivity contribution in [2.45, 2.75) is 104 Å². The number of fused-ring (bicyclic) bond motifs is 7. The number of hydrogen-bond donors (Lipinski definition) is 3. The van der Waals surface area contributed by atoms with Crippen molar-refractivity contribution in [3.8, 4) is 11.8 Å². The second-order valence-electron chi connectivity index (χ2n) is 23.9. The number of halogens is 2. The first kappa shape index (κ1) is 59.1. The SMILES string of the molecule is CC1(C)C2CCC1(CS(C)(=O)=O)C1(NO1)C2(Cl)Cl.C[C@@H]1C=C[C@H]2[C@H](N(C)C)c3onc(OCc4ccccc4)c3C(=O)[C@@]2(O)[C@@H]1C.C[C@@H]1[C@H](S(=O)c2ccccc2)C=C[C@H]2[C@H](N(C)C)c3onc(OCc4ccccc4)c3C(=O)[C@@]12O. The number of sulfone groups is 1. The number of carbonyl (C=O) groups is 2. The molecule has 3 aromatic carbocycles. The number of benzene rings is 3.